The fourth-order valence-electron chi connectivity index (χ4n) is 1.50. The molecule has 0 saturated carbocycles. The summed E-state index contributed by atoms with van der Waals surface area (Å²) in [6.07, 6.45) is 1.11. The Labute approximate surface area is 109 Å². The summed E-state index contributed by atoms with van der Waals surface area (Å²) >= 11 is 5.40. The van der Waals surface area contributed by atoms with Gasteiger partial charge in [0.15, 0.2) is 0 Å². The molecule has 0 unspecified atom stereocenters. The van der Waals surface area contributed by atoms with Crippen LogP contribution < -0.4 is 0 Å². The first-order valence-corrected chi connectivity index (χ1v) is 7.05. The molecule has 82 valence electrons. The van der Waals surface area contributed by atoms with Crippen molar-refractivity contribution >= 4 is 27.7 Å². The van der Waals surface area contributed by atoms with Gasteiger partial charge in [-0.25, -0.2) is 0 Å². The minimum Gasteiger partial charge on any atom is -0.126 e. The molecule has 0 aliphatic heterocycles. The molecule has 0 spiro atoms. The van der Waals surface area contributed by atoms with Crippen LogP contribution in [0.3, 0.4) is 0 Å². The van der Waals surface area contributed by atoms with Crippen molar-refractivity contribution < 1.29 is 0 Å². The lowest BCUT2D eigenvalue weighted by molar-refractivity contribution is 1.15. The Morgan fingerprint density at radius 2 is 1.75 bits per heavy atom. The van der Waals surface area contributed by atoms with Crippen molar-refractivity contribution in [1.82, 2.24) is 0 Å². The lowest BCUT2D eigenvalue weighted by Crippen LogP contribution is -1.88. The van der Waals surface area contributed by atoms with Gasteiger partial charge in [-0.2, -0.15) is 0 Å². The van der Waals surface area contributed by atoms with Crippen LogP contribution in [0.2, 0.25) is 0 Å². The molecular formula is C14H13BrS. The van der Waals surface area contributed by atoms with Gasteiger partial charge in [0.25, 0.3) is 0 Å². The number of hydrogen-bond donors (Lipinski definition) is 0. The number of hydrogen-bond acceptors (Lipinski definition) is 1. The highest BCUT2D eigenvalue weighted by molar-refractivity contribution is 9.10. The molecule has 0 saturated heterocycles. The molecule has 0 aliphatic carbocycles. The topological polar surface area (TPSA) is 0 Å². The molecule has 0 atom stereocenters. The van der Waals surface area contributed by atoms with E-state index in [0.29, 0.717) is 0 Å². The van der Waals surface area contributed by atoms with Gasteiger partial charge in [-0.1, -0.05) is 46.3 Å². The molecule has 0 amide bonds. The third-order valence-corrected chi connectivity index (χ3v) is 3.80. The highest BCUT2D eigenvalue weighted by Gasteiger charge is 1.96. The van der Waals surface area contributed by atoms with Gasteiger partial charge in [0.1, 0.15) is 0 Å². The van der Waals surface area contributed by atoms with Crippen molar-refractivity contribution in [2.45, 2.75) is 11.3 Å². The van der Waals surface area contributed by atoms with E-state index in [1.807, 2.05) is 11.8 Å². The normalized spacial score (nSPS) is 10.3. The van der Waals surface area contributed by atoms with Crippen molar-refractivity contribution in [3.8, 4) is 0 Å². The predicted octanol–water partition coefficient (Wildman–Crippen LogP) is 4.78. The first kappa shape index (κ1) is 11.7. The van der Waals surface area contributed by atoms with Gasteiger partial charge in [-0.05, 0) is 36.2 Å². The van der Waals surface area contributed by atoms with Crippen LogP contribution in [0.25, 0.3) is 0 Å². The second-order valence-corrected chi connectivity index (χ2v) is 5.63. The highest BCUT2D eigenvalue weighted by atomic mass is 79.9. The van der Waals surface area contributed by atoms with Crippen LogP contribution in [0.5, 0.6) is 0 Å². The SMILES string of the molecule is Brc1cccc(CCSc2ccccc2)c1. The molecule has 0 nitrogen and oxygen atoms in total. The van der Waals surface area contributed by atoms with E-state index in [0.717, 1.165) is 16.6 Å². The molecule has 2 aromatic rings. The molecule has 0 aliphatic rings. The molecular weight excluding hydrogens is 280 g/mol. The van der Waals surface area contributed by atoms with Crippen molar-refractivity contribution in [3.63, 3.8) is 0 Å². The van der Waals surface area contributed by atoms with Gasteiger partial charge in [0.05, 0.1) is 0 Å². The monoisotopic (exact) mass is 292 g/mol. The Bertz CT molecular complexity index is 439. The third kappa shape index (κ3) is 3.69. The lowest BCUT2D eigenvalue weighted by atomic mass is 10.2. The van der Waals surface area contributed by atoms with Gasteiger partial charge < -0.3 is 0 Å². The largest absolute Gasteiger partial charge is 0.126 e. The number of thioether (sulfide) groups is 1. The number of aryl methyl sites for hydroxylation is 1. The van der Waals surface area contributed by atoms with Crippen LogP contribution in [0.15, 0.2) is 64.0 Å². The predicted molar refractivity (Wildman–Crippen MR) is 75.0 cm³/mol. The standard InChI is InChI=1S/C14H13BrS/c15-13-6-4-5-12(11-13)9-10-16-14-7-2-1-3-8-14/h1-8,11H,9-10H2. The van der Waals surface area contributed by atoms with Crippen LogP contribution in [0.1, 0.15) is 5.56 Å². The number of benzene rings is 2. The zero-order chi connectivity index (χ0) is 11.2. The van der Waals surface area contributed by atoms with Crippen LogP contribution in [0, 0.1) is 0 Å². The molecule has 16 heavy (non-hydrogen) atoms. The minimum atomic E-state index is 1.11. The third-order valence-electron chi connectivity index (χ3n) is 2.29. The maximum Gasteiger partial charge on any atom is 0.0178 e. The van der Waals surface area contributed by atoms with Crippen LogP contribution >= 0.6 is 27.7 Å². The molecule has 2 aromatic carbocycles. The second-order valence-electron chi connectivity index (χ2n) is 3.54. The van der Waals surface area contributed by atoms with Crippen LogP contribution in [-0.4, -0.2) is 5.75 Å². The zero-order valence-electron chi connectivity index (χ0n) is 8.90. The summed E-state index contributed by atoms with van der Waals surface area (Å²) in [6, 6.07) is 19.1. The lowest BCUT2D eigenvalue weighted by Gasteiger charge is -2.02. The Kier molecular flexibility index (Phi) is 4.49. The maximum atomic E-state index is 3.49. The number of rotatable bonds is 4. The van der Waals surface area contributed by atoms with E-state index in [2.05, 4.69) is 70.5 Å². The highest BCUT2D eigenvalue weighted by Crippen LogP contribution is 2.19. The van der Waals surface area contributed by atoms with E-state index in [4.69, 9.17) is 0 Å². The molecule has 0 bridgehead atoms. The Balaban J connectivity index is 1.85. The van der Waals surface area contributed by atoms with Crippen molar-refractivity contribution in [1.29, 1.82) is 0 Å². The molecule has 0 radical (unpaired) electrons. The summed E-state index contributed by atoms with van der Waals surface area (Å²) in [7, 11) is 0. The fraction of sp³-hybridized carbons (Fsp3) is 0.143. The summed E-state index contributed by atoms with van der Waals surface area (Å²) < 4.78 is 1.16. The molecule has 2 heteroatoms. The van der Waals surface area contributed by atoms with Gasteiger partial charge in [0, 0.05) is 15.1 Å². The van der Waals surface area contributed by atoms with E-state index in [-0.39, 0.29) is 0 Å². The van der Waals surface area contributed by atoms with Crippen LogP contribution in [-0.2, 0) is 6.42 Å². The molecule has 0 N–H and O–H groups in total. The summed E-state index contributed by atoms with van der Waals surface area (Å²) in [5, 5.41) is 0. The second kappa shape index (κ2) is 6.12. The van der Waals surface area contributed by atoms with E-state index < -0.39 is 0 Å². The molecule has 0 aromatic heterocycles. The first-order chi connectivity index (χ1) is 7.84. The van der Waals surface area contributed by atoms with Gasteiger partial charge >= 0.3 is 0 Å². The maximum absolute atomic E-state index is 3.49. The average molecular weight is 293 g/mol. The average Bonchev–Trinajstić information content (AvgIpc) is 2.30. The molecule has 0 fully saturated rings. The van der Waals surface area contributed by atoms with Crippen molar-refractivity contribution in [3.05, 3.63) is 64.6 Å². The molecule has 0 heterocycles. The van der Waals surface area contributed by atoms with E-state index in [1.165, 1.54) is 10.5 Å². The summed E-state index contributed by atoms with van der Waals surface area (Å²) in [5.41, 5.74) is 1.39. The first-order valence-electron chi connectivity index (χ1n) is 5.27. The van der Waals surface area contributed by atoms with Crippen molar-refractivity contribution in [2.24, 2.45) is 0 Å². The summed E-state index contributed by atoms with van der Waals surface area (Å²) in [6.45, 7) is 0. The van der Waals surface area contributed by atoms with E-state index >= 15 is 0 Å². The van der Waals surface area contributed by atoms with Gasteiger partial charge in [-0.3, -0.25) is 0 Å². The van der Waals surface area contributed by atoms with Gasteiger partial charge in [0.2, 0.25) is 0 Å². The van der Waals surface area contributed by atoms with E-state index in [1.54, 1.807) is 0 Å². The smallest absolute Gasteiger partial charge is 0.0178 e. The zero-order valence-corrected chi connectivity index (χ0v) is 11.3. The Hall–Kier alpha value is -0.730. The quantitative estimate of drug-likeness (QED) is 0.731. The van der Waals surface area contributed by atoms with Crippen molar-refractivity contribution in [2.75, 3.05) is 5.75 Å². The summed E-state index contributed by atoms with van der Waals surface area (Å²) in [4.78, 5) is 1.34. The number of halogens is 1. The molecule has 2 rings (SSSR count). The Morgan fingerprint density at radius 1 is 0.938 bits per heavy atom. The Morgan fingerprint density at radius 3 is 2.50 bits per heavy atom. The van der Waals surface area contributed by atoms with E-state index in [9.17, 15) is 0 Å². The van der Waals surface area contributed by atoms with Gasteiger partial charge in [-0.15, -0.1) is 11.8 Å². The summed E-state index contributed by atoms with van der Waals surface area (Å²) in [5.74, 6) is 1.13. The minimum absolute atomic E-state index is 1.11. The fourth-order valence-corrected chi connectivity index (χ4v) is 2.87. The van der Waals surface area contributed by atoms with Crippen LogP contribution in [0.4, 0.5) is 0 Å².